The van der Waals surface area contributed by atoms with Gasteiger partial charge in [-0.25, -0.2) is 0 Å². The number of carbonyl (C=O) groups is 1. The molecule has 2 N–H and O–H groups in total. The summed E-state index contributed by atoms with van der Waals surface area (Å²) in [4.78, 5) is 13.6. The second-order valence-corrected chi connectivity index (χ2v) is 3.10. The highest BCUT2D eigenvalue weighted by Gasteiger charge is 2.11. The minimum atomic E-state index is 0. The molecule has 15 heavy (non-hydrogen) atoms. The van der Waals surface area contributed by atoms with Gasteiger partial charge in [0, 0.05) is 24.3 Å². The average molecular weight is 229 g/mol. The fourth-order valence-corrected chi connectivity index (χ4v) is 1.37. The standard InChI is InChI=1S/C11H16N2O.ClH/c1-3-13(4-2)11(14)9-6-5-7-10(12)8-9;/h5-8H,3-4,12H2,1-2H3;1H. The first kappa shape index (κ1) is 13.8. The average Bonchev–Trinajstić information content (AvgIpc) is 2.19. The number of nitrogen functional groups attached to an aromatic ring is 1. The first-order chi connectivity index (χ1) is 6.69. The zero-order chi connectivity index (χ0) is 10.6. The van der Waals surface area contributed by atoms with Crippen LogP contribution in [0, 0.1) is 0 Å². The molecule has 0 aliphatic rings. The molecule has 0 heterocycles. The van der Waals surface area contributed by atoms with Crippen molar-refractivity contribution in [2.45, 2.75) is 13.8 Å². The Balaban J connectivity index is 0.00000196. The van der Waals surface area contributed by atoms with Gasteiger partial charge in [-0.2, -0.15) is 0 Å². The van der Waals surface area contributed by atoms with Crippen LogP contribution >= 0.6 is 12.4 Å². The Morgan fingerprint density at radius 1 is 1.33 bits per heavy atom. The third kappa shape index (κ3) is 3.44. The van der Waals surface area contributed by atoms with Crippen LogP contribution in [0.1, 0.15) is 24.2 Å². The van der Waals surface area contributed by atoms with Crippen molar-refractivity contribution in [2.24, 2.45) is 0 Å². The van der Waals surface area contributed by atoms with Crippen molar-refractivity contribution in [1.82, 2.24) is 4.90 Å². The number of halogens is 1. The molecule has 1 rings (SSSR count). The van der Waals surface area contributed by atoms with E-state index in [2.05, 4.69) is 0 Å². The van der Waals surface area contributed by atoms with E-state index in [1.54, 1.807) is 29.2 Å². The Labute approximate surface area is 96.7 Å². The lowest BCUT2D eigenvalue weighted by atomic mass is 10.2. The first-order valence-electron chi connectivity index (χ1n) is 4.83. The molecule has 0 aliphatic heterocycles. The molecule has 1 amide bonds. The molecule has 0 aliphatic carbocycles. The van der Waals surface area contributed by atoms with E-state index in [9.17, 15) is 4.79 Å². The second kappa shape index (κ2) is 6.30. The molecule has 0 aromatic heterocycles. The summed E-state index contributed by atoms with van der Waals surface area (Å²) in [5.41, 5.74) is 6.90. The molecule has 0 saturated carbocycles. The minimum absolute atomic E-state index is 0. The van der Waals surface area contributed by atoms with Crippen LogP contribution in [-0.2, 0) is 0 Å². The SMILES string of the molecule is CCN(CC)C(=O)c1cccc(N)c1.Cl. The van der Waals surface area contributed by atoms with Crippen molar-refractivity contribution in [3.05, 3.63) is 29.8 Å². The van der Waals surface area contributed by atoms with E-state index in [1.807, 2.05) is 13.8 Å². The van der Waals surface area contributed by atoms with E-state index in [4.69, 9.17) is 5.73 Å². The number of nitrogens with two attached hydrogens (primary N) is 1. The van der Waals surface area contributed by atoms with Gasteiger partial charge in [-0.05, 0) is 32.0 Å². The largest absolute Gasteiger partial charge is 0.399 e. The van der Waals surface area contributed by atoms with Crippen molar-refractivity contribution in [1.29, 1.82) is 0 Å². The maximum absolute atomic E-state index is 11.8. The van der Waals surface area contributed by atoms with Gasteiger partial charge in [0.1, 0.15) is 0 Å². The van der Waals surface area contributed by atoms with Gasteiger partial charge in [0.25, 0.3) is 5.91 Å². The highest BCUT2D eigenvalue weighted by Crippen LogP contribution is 2.09. The van der Waals surface area contributed by atoms with Gasteiger partial charge in [-0.1, -0.05) is 6.07 Å². The Hall–Kier alpha value is -1.22. The number of hydrogen-bond donors (Lipinski definition) is 1. The maximum Gasteiger partial charge on any atom is 0.253 e. The molecule has 3 nitrogen and oxygen atoms in total. The van der Waals surface area contributed by atoms with Crippen molar-refractivity contribution in [3.8, 4) is 0 Å². The number of carbonyl (C=O) groups excluding carboxylic acids is 1. The molecule has 84 valence electrons. The number of hydrogen-bond acceptors (Lipinski definition) is 2. The fourth-order valence-electron chi connectivity index (χ4n) is 1.37. The molecule has 0 bridgehead atoms. The molecule has 0 unspecified atom stereocenters. The topological polar surface area (TPSA) is 46.3 Å². The van der Waals surface area contributed by atoms with Gasteiger partial charge in [0.15, 0.2) is 0 Å². The number of nitrogens with zero attached hydrogens (tertiary/aromatic N) is 1. The Morgan fingerprint density at radius 3 is 2.40 bits per heavy atom. The lowest BCUT2D eigenvalue weighted by Gasteiger charge is -2.18. The number of benzene rings is 1. The van der Waals surface area contributed by atoms with Crippen molar-refractivity contribution < 1.29 is 4.79 Å². The monoisotopic (exact) mass is 228 g/mol. The summed E-state index contributed by atoms with van der Waals surface area (Å²) in [5, 5.41) is 0. The Bertz CT molecular complexity index is 324. The molecule has 1 aromatic rings. The van der Waals surface area contributed by atoms with Crippen LogP contribution in [0.5, 0.6) is 0 Å². The Kier molecular flexibility index (Phi) is 5.79. The van der Waals surface area contributed by atoms with Gasteiger partial charge < -0.3 is 10.6 Å². The highest BCUT2D eigenvalue weighted by molar-refractivity contribution is 5.95. The van der Waals surface area contributed by atoms with Crippen LogP contribution < -0.4 is 5.73 Å². The third-order valence-corrected chi connectivity index (χ3v) is 2.18. The van der Waals surface area contributed by atoms with Crippen LogP contribution in [0.3, 0.4) is 0 Å². The summed E-state index contributed by atoms with van der Waals surface area (Å²) in [7, 11) is 0. The van der Waals surface area contributed by atoms with E-state index in [0.717, 1.165) is 13.1 Å². The predicted molar refractivity (Wildman–Crippen MR) is 65.4 cm³/mol. The van der Waals surface area contributed by atoms with Crippen LogP contribution in [-0.4, -0.2) is 23.9 Å². The summed E-state index contributed by atoms with van der Waals surface area (Å²) < 4.78 is 0. The Morgan fingerprint density at radius 2 is 1.93 bits per heavy atom. The number of anilines is 1. The van der Waals surface area contributed by atoms with Gasteiger partial charge in [0.05, 0.1) is 0 Å². The van der Waals surface area contributed by atoms with Crippen molar-refractivity contribution >= 4 is 24.0 Å². The summed E-state index contributed by atoms with van der Waals surface area (Å²) >= 11 is 0. The zero-order valence-corrected chi connectivity index (χ0v) is 9.88. The summed E-state index contributed by atoms with van der Waals surface area (Å²) in [6.45, 7) is 5.38. The maximum atomic E-state index is 11.8. The lowest BCUT2D eigenvalue weighted by Crippen LogP contribution is -2.30. The lowest BCUT2D eigenvalue weighted by molar-refractivity contribution is 0.0773. The molecule has 1 aromatic carbocycles. The van der Waals surface area contributed by atoms with Crippen molar-refractivity contribution in [2.75, 3.05) is 18.8 Å². The van der Waals surface area contributed by atoms with Gasteiger partial charge in [-0.15, -0.1) is 12.4 Å². The van der Waals surface area contributed by atoms with Crippen LogP contribution in [0.2, 0.25) is 0 Å². The summed E-state index contributed by atoms with van der Waals surface area (Å²) in [6.07, 6.45) is 0. The molecular weight excluding hydrogens is 212 g/mol. The number of rotatable bonds is 3. The quantitative estimate of drug-likeness (QED) is 0.806. The normalized spacial score (nSPS) is 9.20. The van der Waals surface area contributed by atoms with Crippen LogP contribution in [0.4, 0.5) is 5.69 Å². The molecule has 0 radical (unpaired) electrons. The highest BCUT2D eigenvalue weighted by atomic mass is 35.5. The fraction of sp³-hybridized carbons (Fsp3) is 0.364. The van der Waals surface area contributed by atoms with Crippen LogP contribution in [0.15, 0.2) is 24.3 Å². The molecule has 0 saturated heterocycles. The minimum Gasteiger partial charge on any atom is -0.399 e. The van der Waals surface area contributed by atoms with Gasteiger partial charge >= 0.3 is 0 Å². The molecule has 4 heteroatoms. The predicted octanol–water partition coefficient (Wildman–Crippen LogP) is 2.17. The molecule has 0 spiro atoms. The van der Waals surface area contributed by atoms with E-state index in [0.29, 0.717) is 11.3 Å². The first-order valence-corrected chi connectivity index (χ1v) is 4.83. The third-order valence-electron chi connectivity index (χ3n) is 2.18. The van der Waals surface area contributed by atoms with Gasteiger partial charge in [-0.3, -0.25) is 4.79 Å². The van der Waals surface area contributed by atoms with E-state index >= 15 is 0 Å². The van der Waals surface area contributed by atoms with Crippen molar-refractivity contribution in [3.63, 3.8) is 0 Å². The van der Waals surface area contributed by atoms with Crippen LogP contribution in [0.25, 0.3) is 0 Å². The summed E-state index contributed by atoms with van der Waals surface area (Å²) in [6, 6.07) is 7.07. The second-order valence-electron chi connectivity index (χ2n) is 3.10. The number of amides is 1. The molecular formula is C11H17ClN2O. The summed E-state index contributed by atoms with van der Waals surface area (Å²) in [5.74, 6) is 0.0438. The zero-order valence-electron chi connectivity index (χ0n) is 9.06. The van der Waals surface area contributed by atoms with E-state index in [1.165, 1.54) is 0 Å². The van der Waals surface area contributed by atoms with E-state index < -0.39 is 0 Å². The molecule has 0 atom stereocenters. The smallest absolute Gasteiger partial charge is 0.253 e. The van der Waals surface area contributed by atoms with E-state index in [-0.39, 0.29) is 18.3 Å². The van der Waals surface area contributed by atoms with Gasteiger partial charge in [0.2, 0.25) is 0 Å². The molecule has 0 fully saturated rings.